The van der Waals surface area contributed by atoms with Crippen molar-refractivity contribution in [2.45, 2.75) is 6.42 Å². The first-order valence-corrected chi connectivity index (χ1v) is 9.21. The minimum atomic E-state index is -0.497. The number of carbonyl (C=O) groups is 1. The molecule has 1 saturated heterocycles. The summed E-state index contributed by atoms with van der Waals surface area (Å²) in [6.45, 7) is 4.35. The molecular formula is C20H24N4O4. The second kappa shape index (κ2) is 9.18. The predicted octanol–water partition coefficient (Wildman–Crippen LogP) is 2.75. The number of nitrogens with zero attached hydrogens (tertiary/aromatic N) is 3. The third-order valence-electron chi connectivity index (χ3n) is 4.82. The molecule has 1 fully saturated rings. The lowest BCUT2D eigenvalue weighted by molar-refractivity contribution is -0.384. The number of ether oxygens (including phenoxy) is 1. The summed E-state index contributed by atoms with van der Waals surface area (Å²) in [4.78, 5) is 27.3. The van der Waals surface area contributed by atoms with E-state index in [9.17, 15) is 14.9 Å². The summed E-state index contributed by atoms with van der Waals surface area (Å²) in [7, 11) is 1.42. The SMILES string of the molecule is COc1cc([N+](=O)[O-])ccc1NC(=O)CCN1CCN(c2ccccc2)CC1. The zero-order valence-electron chi connectivity index (χ0n) is 15.8. The van der Waals surface area contributed by atoms with E-state index in [0.717, 1.165) is 26.2 Å². The van der Waals surface area contributed by atoms with Gasteiger partial charge in [0.2, 0.25) is 5.91 Å². The molecule has 3 rings (SSSR count). The van der Waals surface area contributed by atoms with E-state index in [1.165, 1.54) is 31.0 Å². The number of methoxy groups -OCH3 is 1. The molecule has 0 bridgehead atoms. The number of rotatable bonds is 7. The van der Waals surface area contributed by atoms with E-state index in [0.29, 0.717) is 18.7 Å². The highest BCUT2D eigenvalue weighted by Gasteiger charge is 2.18. The number of non-ortho nitro benzene ring substituents is 1. The molecule has 1 aliphatic heterocycles. The molecule has 0 radical (unpaired) electrons. The van der Waals surface area contributed by atoms with Crippen molar-refractivity contribution in [3.05, 3.63) is 58.6 Å². The number of piperazine rings is 1. The molecule has 0 aromatic heterocycles. The first kappa shape index (κ1) is 19.6. The number of hydrogen-bond donors (Lipinski definition) is 1. The van der Waals surface area contributed by atoms with Crippen molar-refractivity contribution in [1.29, 1.82) is 0 Å². The Hall–Kier alpha value is -3.13. The summed E-state index contributed by atoms with van der Waals surface area (Å²) in [5.74, 6) is 0.136. The molecule has 0 saturated carbocycles. The Bertz CT molecular complexity index is 820. The van der Waals surface area contributed by atoms with E-state index in [-0.39, 0.29) is 17.3 Å². The fourth-order valence-corrected chi connectivity index (χ4v) is 3.24. The minimum absolute atomic E-state index is 0.0777. The predicted molar refractivity (Wildman–Crippen MR) is 108 cm³/mol. The fraction of sp³-hybridized carbons (Fsp3) is 0.350. The van der Waals surface area contributed by atoms with Gasteiger partial charge in [-0.3, -0.25) is 19.8 Å². The van der Waals surface area contributed by atoms with Gasteiger partial charge in [-0.05, 0) is 18.2 Å². The standard InChI is InChI=1S/C20H24N4O4/c1-28-19-15-17(24(26)27)7-8-18(19)21-20(25)9-10-22-11-13-23(14-12-22)16-5-3-2-4-6-16/h2-8,15H,9-14H2,1H3,(H,21,25). The van der Waals surface area contributed by atoms with Gasteiger partial charge in [0.1, 0.15) is 5.75 Å². The van der Waals surface area contributed by atoms with Crippen LogP contribution >= 0.6 is 0 Å². The Balaban J connectivity index is 1.47. The molecule has 148 valence electrons. The monoisotopic (exact) mass is 384 g/mol. The van der Waals surface area contributed by atoms with Gasteiger partial charge < -0.3 is 15.0 Å². The molecular weight excluding hydrogens is 360 g/mol. The lowest BCUT2D eigenvalue weighted by Crippen LogP contribution is -2.47. The summed E-state index contributed by atoms with van der Waals surface area (Å²) >= 11 is 0. The summed E-state index contributed by atoms with van der Waals surface area (Å²) in [6, 6.07) is 14.5. The number of nitro benzene ring substituents is 1. The van der Waals surface area contributed by atoms with Gasteiger partial charge in [0, 0.05) is 50.9 Å². The molecule has 2 aromatic carbocycles. The number of amides is 1. The van der Waals surface area contributed by atoms with Crippen molar-refractivity contribution >= 4 is 23.0 Å². The van der Waals surface area contributed by atoms with Gasteiger partial charge in [-0.1, -0.05) is 18.2 Å². The molecule has 8 nitrogen and oxygen atoms in total. The van der Waals surface area contributed by atoms with Crippen LogP contribution in [0.15, 0.2) is 48.5 Å². The van der Waals surface area contributed by atoms with E-state index >= 15 is 0 Å². The van der Waals surface area contributed by atoms with Crippen LogP contribution in [0.5, 0.6) is 5.75 Å². The van der Waals surface area contributed by atoms with Crippen molar-refractivity contribution in [3.63, 3.8) is 0 Å². The van der Waals surface area contributed by atoms with Gasteiger partial charge in [0.25, 0.3) is 5.69 Å². The topological polar surface area (TPSA) is 87.9 Å². The van der Waals surface area contributed by atoms with Crippen molar-refractivity contribution in [3.8, 4) is 5.75 Å². The summed E-state index contributed by atoms with van der Waals surface area (Å²) in [5.41, 5.74) is 1.59. The van der Waals surface area contributed by atoms with E-state index in [1.54, 1.807) is 0 Å². The Morgan fingerprint density at radius 2 is 1.86 bits per heavy atom. The molecule has 0 unspecified atom stereocenters. The molecule has 28 heavy (non-hydrogen) atoms. The van der Waals surface area contributed by atoms with Gasteiger partial charge in [0.15, 0.2) is 0 Å². The number of nitrogens with one attached hydrogen (secondary N) is 1. The number of anilines is 2. The molecule has 0 spiro atoms. The fourth-order valence-electron chi connectivity index (χ4n) is 3.24. The summed E-state index contributed by atoms with van der Waals surface area (Å²) < 4.78 is 5.15. The maximum absolute atomic E-state index is 12.3. The van der Waals surface area contributed by atoms with E-state index in [2.05, 4.69) is 27.2 Å². The van der Waals surface area contributed by atoms with Crippen LogP contribution in [-0.4, -0.2) is 55.6 Å². The number of nitro groups is 1. The molecule has 0 atom stereocenters. The Labute approximate surface area is 163 Å². The zero-order valence-corrected chi connectivity index (χ0v) is 15.8. The van der Waals surface area contributed by atoms with Crippen LogP contribution in [0.1, 0.15) is 6.42 Å². The van der Waals surface area contributed by atoms with Gasteiger partial charge in [-0.25, -0.2) is 0 Å². The Morgan fingerprint density at radius 1 is 1.14 bits per heavy atom. The van der Waals surface area contributed by atoms with Crippen molar-refractivity contribution in [2.75, 3.05) is 50.1 Å². The van der Waals surface area contributed by atoms with Gasteiger partial charge in [0.05, 0.1) is 23.8 Å². The van der Waals surface area contributed by atoms with E-state index < -0.39 is 4.92 Å². The second-order valence-electron chi connectivity index (χ2n) is 6.60. The molecule has 8 heteroatoms. The van der Waals surface area contributed by atoms with Crippen molar-refractivity contribution < 1.29 is 14.5 Å². The van der Waals surface area contributed by atoms with Crippen LogP contribution in [0.4, 0.5) is 17.1 Å². The zero-order chi connectivity index (χ0) is 19.9. The van der Waals surface area contributed by atoms with Crippen LogP contribution < -0.4 is 15.0 Å². The quantitative estimate of drug-likeness (QED) is 0.583. The first-order valence-electron chi connectivity index (χ1n) is 9.21. The minimum Gasteiger partial charge on any atom is -0.494 e. The Kier molecular flexibility index (Phi) is 6.44. The van der Waals surface area contributed by atoms with Gasteiger partial charge in [-0.15, -0.1) is 0 Å². The van der Waals surface area contributed by atoms with E-state index in [4.69, 9.17) is 4.74 Å². The number of benzene rings is 2. The maximum atomic E-state index is 12.3. The van der Waals surface area contributed by atoms with E-state index in [1.807, 2.05) is 18.2 Å². The van der Waals surface area contributed by atoms with Crippen molar-refractivity contribution in [1.82, 2.24) is 4.90 Å². The normalized spacial score (nSPS) is 14.5. The third kappa shape index (κ3) is 4.98. The highest BCUT2D eigenvalue weighted by atomic mass is 16.6. The van der Waals surface area contributed by atoms with Gasteiger partial charge >= 0.3 is 0 Å². The number of carbonyl (C=O) groups excluding carboxylic acids is 1. The van der Waals surface area contributed by atoms with Crippen LogP contribution in [0.3, 0.4) is 0 Å². The molecule has 1 heterocycles. The Morgan fingerprint density at radius 3 is 2.50 bits per heavy atom. The smallest absolute Gasteiger partial charge is 0.273 e. The van der Waals surface area contributed by atoms with Crippen LogP contribution in [0.2, 0.25) is 0 Å². The average molecular weight is 384 g/mol. The summed E-state index contributed by atoms with van der Waals surface area (Å²) in [5, 5.41) is 13.6. The number of hydrogen-bond acceptors (Lipinski definition) is 6. The molecule has 1 amide bonds. The molecule has 0 aliphatic carbocycles. The van der Waals surface area contributed by atoms with Crippen LogP contribution in [0.25, 0.3) is 0 Å². The maximum Gasteiger partial charge on any atom is 0.273 e. The lowest BCUT2D eigenvalue weighted by atomic mass is 10.2. The lowest BCUT2D eigenvalue weighted by Gasteiger charge is -2.36. The number of para-hydroxylation sites is 1. The highest BCUT2D eigenvalue weighted by molar-refractivity contribution is 5.92. The van der Waals surface area contributed by atoms with Gasteiger partial charge in [-0.2, -0.15) is 0 Å². The third-order valence-corrected chi connectivity index (χ3v) is 4.82. The molecule has 1 N–H and O–H groups in total. The van der Waals surface area contributed by atoms with Crippen LogP contribution in [0, 0.1) is 10.1 Å². The second-order valence-corrected chi connectivity index (χ2v) is 6.60. The van der Waals surface area contributed by atoms with Crippen LogP contribution in [-0.2, 0) is 4.79 Å². The summed E-state index contributed by atoms with van der Waals surface area (Å²) in [6.07, 6.45) is 0.353. The average Bonchev–Trinajstić information content (AvgIpc) is 2.73. The molecule has 1 aliphatic rings. The first-order chi connectivity index (χ1) is 13.6. The highest BCUT2D eigenvalue weighted by Crippen LogP contribution is 2.29. The largest absolute Gasteiger partial charge is 0.494 e. The molecule has 2 aromatic rings. The van der Waals surface area contributed by atoms with Crippen molar-refractivity contribution in [2.24, 2.45) is 0 Å².